The molecule has 86 valence electrons. The lowest BCUT2D eigenvalue weighted by atomic mass is 9.81. The van der Waals surface area contributed by atoms with Crippen LogP contribution in [0.5, 0.6) is 0 Å². The van der Waals surface area contributed by atoms with E-state index < -0.39 is 0 Å². The molecule has 0 radical (unpaired) electrons. The second kappa shape index (κ2) is 4.17. The Bertz CT molecular complexity index is 350. The fraction of sp³-hybridized carbons (Fsp3) is 0.643. The van der Waals surface area contributed by atoms with Crippen molar-refractivity contribution in [3.8, 4) is 0 Å². The van der Waals surface area contributed by atoms with Crippen molar-refractivity contribution in [3.63, 3.8) is 0 Å². The standard InChI is InChI=1S/C14H20N2/c1-11-2-3-13(10-15-11)9-14-8-12-4-6-16(14)7-5-12/h2-3,10,12,14H,4-9H2,1H3. The number of fused-ring (bicyclic) bond motifs is 3. The molecule has 0 N–H and O–H groups in total. The second-order valence-electron chi connectivity index (χ2n) is 5.38. The van der Waals surface area contributed by atoms with Gasteiger partial charge in [-0.25, -0.2) is 0 Å². The first-order chi connectivity index (χ1) is 7.81. The van der Waals surface area contributed by atoms with Gasteiger partial charge in [0.25, 0.3) is 0 Å². The number of pyridine rings is 1. The summed E-state index contributed by atoms with van der Waals surface area (Å²) >= 11 is 0. The summed E-state index contributed by atoms with van der Waals surface area (Å²) in [5.41, 5.74) is 2.53. The van der Waals surface area contributed by atoms with E-state index in [1.807, 2.05) is 0 Å². The highest BCUT2D eigenvalue weighted by atomic mass is 15.2. The van der Waals surface area contributed by atoms with Gasteiger partial charge in [-0.15, -0.1) is 0 Å². The average Bonchev–Trinajstić information content (AvgIpc) is 2.34. The maximum absolute atomic E-state index is 4.39. The first-order valence-electron chi connectivity index (χ1n) is 6.47. The average molecular weight is 216 g/mol. The van der Waals surface area contributed by atoms with Crippen molar-refractivity contribution in [1.29, 1.82) is 0 Å². The van der Waals surface area contributed by atoms with Crippen LogP contribution in [-0.2, 0) is 6.42 Å². The summed E-state index contributed by atoms with van der Waals surface area (Å²) in [6.07, 6.45) is 7.53. The van der Waals surface area contributed by atoms with E-state index in [1.165, 1.54) is 44.3 Å². The molecule has 1 atom stereocenters. The van der Waals surface area contributed by atoms with E-state index in [-0.39, 0.29) is 0 Å². The molecule has 3 aliphatic rings. The molecule has 16 heavy (non-hydrogen) atoms. The van der Waals surface area contributed by atoms with Gasteiger partial charge < -0.3 is 4.90 Å². The highest BCUT2D eigenvalue weighted by molar-refractivity contribution is 5.15. The molecule has 1 aromatic rings. The van der Waals surface area contributed by atoms with Gasteiger partial charge in [-0.05, 0) is 63.2 Å². The Morgan fingerprint density at radius 3 is 2.69 bits per heavy atom. The van der Waals surface area contributed by atoms with Crippen LogP contribution in [0.1, 0.15) is 30.5 Å². The third kappa shape index (κ3) is 1.99. The molecule has 3 fully saturated rings. The fourth-order valence-corrected chi connectivity index (χ4v) is 3.19. The zero-order valence-corrected chi connectivity index (χ0v) is 10.0. The largest absolute Gasteiger partial charge is 0.300 e. The lowest BCUT2D eigenvalue weighted by molar-refractivity contribution is 0.0498. The Balaban J connectivity index is 1.68. The predicted molar refractivity (Wildman–Crippen MR) is 65.4 cm³/mol. The quantitative estimate of drug-likeness (QED) is 0.754. The minimum Gasteiger partial charge on any atom is -0.300 e. The van der Waals surface area contributed by atoms with Gasteiger partial charge in [0.15, 0.2) is 0 Å². The Morgan fingerprint density at radius 1 is 1.31 bits per heavy atom. The number of aryl methyl sites for hydroxylation is 1. The summed E-state index contributed by atoms with van der Waals surface area (Å²) in [5.74, 6) is 1.01. The van der Waals surface area contributed by atoms with E-state index in [0.717, 1.165) is 17.7 Å². The monoisotopic (exact) mass is 216 g/mol. The molecule has 0 aliphatic carbocycles. The number of rotatable bonds is 2. The molecule has 0 aromatic carbocycles. The van der Waals surface area contributed by atoms with Gasteiger partial charge >= 0.3 is 0 Å². The number of nitrogens with zero attached hydrogens (tertiary/aromatic N) is 2. The molecule has 0 amide bonds. The van der Waals surface area contributed by atoms with Gasteiger partial charge in [-0.2, -0.15) is 0 Å². The number of aromatic nitrogens is 1. The summed E-state index contributed by atoms with van der Waals surface area (Å²) in [5, 5.41) is 0. The van der Waals surface area contributed by atoms with Gasteiger partial charge in [0.05, 0.1) is 0 Å². The Kier molecular flexibility index (Phi) is 2.68. The van der Waals surface area contributed by atoms with E-state index in [1.54, 1.807) is 0 Å². The SMILES string of the molecule is Cc1ccc(CC2CC3CCN2CC3)cn1. The van der Waals surface area contributed by atoms with Gasteiger partial charge in [0.2, 0.25) is 0 Å². The topological polar surface area (TPSA) is 16.1 Å². The summed E-state index contributed by atoms with van der Waals surface area (Å²) in [6.45, 7) is 4.71. The normalized spacial score (nSPS) is 32.9. The van der Waals surface area contributed by atoms with Gasteiger partial charge in [0.1, 0.15) is 0 Å². The molecule has 2 nitrogen and oxygen atoms in total. The van der Waals surface area contributed by atoms with Crippen molar-refractivity contribution < 1.29 is 0 Å². The molecule has 2 bridgehead atoms. The molecular formula is C14H20N2. The summed E-state index contributed by atoms with van der Waals surface area (Å²) < 4.78 is 0. The lowest BCUT2D eigenvalue weighted by Gasteiger charge is -2.45. The second-order valence-corrected chi connectivity index (χ2v) is 5.38. The lowest BCUT2D eigenvalue weighted by Crippen LogP contribution is -2.49. The zero-order chi connectivity index (χ0) is 11.0. The van der Waals surface area contributed by atoms with Crippen LogP contribution in [-0.4, -0.2) is 29.0 Å². The number of hydrogen-bond acceptors (Lipinski definition) is 2. The number of hydrogen-bond donors (Lipinski definition) is 0. The highest BCUT2D eigenvalue weighted by Crippen LogP contribution is 2.33. The third-order valence-corrected chi connectivity index (χ3v) is 4.21. The van der Waals surface area contributed by atoms with Gasteiger partial charge in [-0.1, -0.05) is 6.07 Å². The Labute approximate surface area is 97.7 Å². The van der Waals surface area contributed by atoms with Crippen LogP contribution in [0.15, 0.2) is 18.3 Å². The molecular weight excluding hydrogens is 196 g/mol. The van der Waals surface area contributed by atoms with Gasteiger partial charge in [-0.3, -0.25) is 4.98 Å². The van der Waals surface area contributed by atoms with Crippen molar-refractivity contribution in [2.45, 2.75) is 38.6 Å². The molecule has 1 aromatic heterocycles. The van der Waals surface area contributed by atoms with Crippen LogP contribution < -0.4 is 0 Å². The van der Waals surface area contributed by atoms with Crippen molar-refractivity contribution >= 4 is 0 Å². The predicted octanol–water partition coefficient (Wildman–Crippen LogP) is 2.42. The maximum atomic E-state index is 4.39. The molecule has 4 heterocycles. The molecule has 3 aliphatic heterocycles. The molecule has 0 spiro atoms. The Hall–Kier alpha value is -0.890. The fourth-order valence-electron chi connectivity index (χ4n) is 3.19. The first kappa shape index (κ1) is 10.3. The van der Waals surface area contributed by atoms with Crippen molar-refractivity contribution in [2.75, 3.05) is 13.1 Å². The highest BCUT2D eigenvalue weighted by Gasteiger charge is 2.33. The van der Waals surface area contributed by atoms with Crippen LogP contribution in [0.4, 0.5) is 0 Å². The maximum Gasteiger partial charge on any atom is 0.0372 e. The number of piperidine rings is 3. The van der Waals surface area contributed by atoms with E-state index in [4.69, 9.17) is 0 Å². The van der Waals surface area contributed by atoms with E-state index in [9.17, 15) is 0 Å². The van der Waals surface area contributed by atoms with E-state index in [0.29, 0.717) is 0 Å². The molecule has 0 saturated carbocycles. The van der Waals surface area contributed by atoms with Crippen LogP contribution in [0.2, 0.25) is 0 Å². The van der Waals surface area contributed by atoms with Crippen LogP contribution >= 0.6 is 0 Å². The van der Waals surface area contributed by atoms with Crippen molar-refractivity contribution in [3.05, 3.63) is 29.6 Å². The summed E-state index contributed by atoms with van der Waals surface area (Å²) in [6, 6.07) is 5.16. The minimum absolute atomic E-state index is 0.789. The summed E-state index contributed by atoms with van der Waals surface area (Å²) in [4.78, 5) is 7.07. The van der Waals surface area contributed by atoms with Gasteiger partial charge in [0, 0.05) is 17.9 Å². The molecule has 3 saturated heterocycles. The van der Waals surface area contributed by atoms with Crippen molar-refractivity contribution in [1.82, 2.24) is 9.88 Å². The van der Waals surface area contributed by atoms with Crippen LogP contribution in [0, 0.1) is 12.8 Å². The Morgan fingerprint density at radius 2 is 2.12 bits per heavy atom. The zero-order valence-electron chi connectivity index (χ0n) is 10.0. The minimum atomic E-state index is 0.789. The molecule has 4 rings (SSSR count). The smallest absolute Gasteiger partial charge is 0.0372 e. The molecule has 2 heteroatoms. The first-order valence-corrected chi connectivity index (χ1v) is 6.47. The van der Waals surface area contributed by atoms with E-state index in [2.05, 4.69) is 35.1 Å². The van der Waals surface area contributed by atoms with Crippen LogP contribution in [0.3, 0.4) is 0 Å². The van der Waals surface area contributed by atoms with Crippen LogP contribution in [0.25, 0.3) is 0 Å². The van der Waals surface area contributed by atoms with E-state index >= 15 is 0 Å². The summed E-state index contributed by atoms with van der Waals surface area (Å²) in [7, 11) is 0. The van der Waals surface area contributed by atoms with Crippen molar-refractivity contribution in [2.24, 2.45) is 5.92 Å². The third-order valence-electron chi connectivity index (χ3n) is 4.21. The molecule has 1 unspecified atom stereocenters.